The summed E-state index contributed by atoms with van der Waals surface area (Å²) in [6.07, 6.45) is 17.7. The van der Waals surface area contributed by atoms with Crippen molar-refractivity contribution in [3.63, 3.8) is 0 Å². The minimum absolute atomic E-state index is 0.0178. The molecule has 4 fully saturated rings. The van der Waals surface area contributed by atoms with Crippen LogP contribution in [0, 0.1) is 33.5 Å². The number of hydrogen-bond donors (Lipinski definition) is 0. The molecule has 3 heterocycles. The molecule has 0 radical (unpaired) electrons. The molecule has 5 unspecified atom stereocenters. The Morgan fingerprint density at radius 2 is 1.61 bits per heavy atom. The van der Waals surface area contributed by atoms with Gasteiger partial charge in [0.25, 0.3) is 0 Å². The summed E-state index contributed by atoms with van der Waals surface area (Å²) in [5, 5.41) is 0. The highest BCUT2D eigenvalue weighted by molar-refractivity contribution is 5.80. The van der Waals surface area contributed by atoms with E-state index >= 15 is 0 Å². The summed E-state index contributed by atoms with van der Waals surface area (Å²) in [7, 11) is 2.12. The van der Waals surface area contributed by atoms with E-state index in [9.17, 15) is 9.59 Å². The van der Waals surface area contributed by atoms with Crippen LogP contribution in [0.5, 0.6) is 0 Å². The fourth-order valence-electron chi connectivity index (χ4n) is 10.1. The number of rotatable bonds is 12. The number of imidazole rings is 1. The number of likely N-dealkylation sites (tertiary alicyclic amines) is 2. The zero-order valence-electron chi connectivity index (χ0n) is 30.3. The molecule has 5 rings (SSSR count). The van der Waals surface area contributed by atoms with Crippen molar-refractivity contribution >= 4 is 11.8 Å². The zero-order chi connectivity index (χ0) is 32.5. The van der Waals surface area contributed by atoms with E-state index in [0.29, 0.717) is 36.5 Å². The third kappa shape index (κ3) is 5.36. The molecule has 6 nitrogen and oxygen atoms in total. The summed E-state index contributed by atoms with van der Waals surface area (Å²) in [6.45, 7) is 26.1. The summed E-state index contributed by atoms with van der Waals surface area (Å²) in [5.74, 6) is 1.86. The Morgan fingerprint density at radius 3 is 2.16 bits per heavy atom. The standard InChI is InChI=1S/C38H65N4O2/c1-28(2)22-30(41-18-14-12-13-16-31(41)43)35(8,9)33(4,5)25-38(42-19-15-17-32(42)44)26-36(38,10)34(6,7)24-37(23-29(37)3)40-21-20-39(11)27-40/h20-21,27-30H,12-19,22-26H2,1-11H3/q+1. The van der Waals surface area contributed by atoms with Gasteiger partial charge in [0.2, 0.25) is 18.1 Å². The van der Waals surface area contributed by atoms with Crippen molar-refractivity contribution in [3.8, 4) is 0 Å². The normalized spacial score (nSPS) is 32.4. The van der Waals surface area contributed by atoms with Crippen LogP contribution in [-0.2, 0) is 22.2 Å². The van der Waals surface area contributed by atoms with Crippen LogP contribution in [-0.4, -0.2) is 50.9 Å². The third-order valence-electron chi connectivity index (χ3n) is 14.1. The van der Waals surface area contributed by atoms with Crippen LogP contribution >= 0.6 is 0 Å². The molecule has 6 heteroatoms. The first-order valence-corrected chi connectivity index (χ1v) is 18.0. The van der Waals surface area contributed by atoms with Crippen molar-refractivity contribution in [2.75, 3.05) is 13.1 Å². The van der Waals surface area contributed by atoms with Crippen molar-refractivity contribution < 1.29 is 14.2 Å². The molecule has 0 N–H and O–H groups in total. The van der Waals surface area contributed by atoms with Crippen molar-refractivity contribution in [3.05, 3.63) is 18.7 Å². The van der Waals surface area contributed by atoms with Crippen LogP contribution < -0.4 is 4.57 Å². The number of hydrogen-bond acceptors (Lipinski definition) is 2. The molecular weight excluding hydrogens is 544 g/mol. The van der Waals surface area contributed by atoms with E-state index in [4.69, 9.17) is 0 Å². The monoisotopic (exact) mass is 610 g/mol. The predicted molar refractivity (Wildman–Crippen MR) is 178 cm³/mol. The Bertz CT molecular complexity index is 1250. The van der Waals surface area contributed by atoms with Crippen molar-refractivity contribution in [2.45, 2.75) is 157 Å². The van der Waals surface area contributed by atoms with Gasteiger partial charge >= 0.3 is 0 Å². The van der Waals surface area contributed by atoms with Crippen LogP contribution in [0.4, 0.5) is 0 Å². The highest BCUT2D eigenvalue weighted by Gasteiger charge is 2.77. The van der Waals surface area contributed by atoms with E-state index in [1.165, 1.54) is 6.42 Å². The first kappa shape index (κ1) is 33.5. The summed E-state index contributed by atoms with van der Waals surface area (Å²) in [6, 6.07) is 0.192. The number of aromatic nitrogens is 2. The average molecular weight is 610 g/mol. The Labute approximate surface area is 269 Å². The van der Waals surface area contributed by atoms with Gasteiger partial charge in [-0.15, -0.1) is 0 Å². The Hall–Kier alpha value is -1.85. The molecule has 0 aromatic carbocycles. The van der Waals surface area contributed by atoms with Gasteiger partial charge in [-0.3, -0.25) is 9.59 Å². The lowest BCUT2D eigenvalue weighted by atomic mass is 9.57. The largest absolute Gasteiger partial charge is 0.339 e. The molecule has 5 atom stereocenters. The van der Waals surface area contributed by atoms with E-state index in [1.807, 2.05) is 0 Å². The number of amides is 2. The highest BCUT2D eigenvalue weighted by Crippen LogP contribution is 2.76. The van der Waals surface area contributed by atoms with Gasteiger partial charge in [-0.05, 0) is 78.9 Å². The first-order valence-electron chi connectivity index (χ1n) is 18.0. The highest BCUT2D eigenvalue weighted by atomic mass is 16.2. The predicted octanol–water partition coefficient (Wildman–Crippen LogP) is 7.50. The van der Waals surface area contributed by atoms with Crippen LogP contribution in [0.25, 0.3) is 0 Å². The minimum Gasteiger partial charge on any atom is -0.339 e. The van der Waals surface area contributed by atoms with E-state index in [-0.39, 0.29) is 38.8 Å². The second kappa shape index (κ2) is 11.1. The number of carbonyl (C=O) groups excluding carboxylic acids is 2. The van der Waals surface area contributed by atoms with Crippen molar-refractivity contribution in [2.24, 2.45) is 40.5 Å². The molecule has 2 aliphatic carbocycles. The van der Waals surface area contributed by atoms with Gasteiger partial charge in [-0.25, -0.2) is 9.13 Å². The molecule has 1 aromatic heterocycles. The fraction of sp³-hybridized carbons (Fsp3) is 0.868. The van der Waals surface area contributed by atoms with Crippen molar-refractivity contribution in [1.82, 2.24) is 14.4 Å². The molecule has 4 aliphatic rings. The van der Waals surface area contributed by atoms with Gasteiger partial charge in [0.1, 0.15) is 17.9 Å². The smallest absolute Gasteiger partial charge is 0.243 e. The summed E-state index contributed by atoms with van der Waals surface area (Å²) in [4.78, 5) is 31.8. The van der Waals surface area contributed by atoms with Gasteiger partial charge in [0, 0.05) is 43.4 Å². The van der Waals surface area contributed by atoms with Crippen LogP contribution in [0.1, 0.15) is 140 Å². The number of carbonyl (C=O) groups is 2. The third-order valence-corrected chi connectivity index (χ3v) is 14.1. The average Bonchev–Trinajstić information content (AvgIpc) is 3.56. The molecule has 0 bridgehead atoms. The Balaban J connectivity index is 1.49. The maximum Gasteiger partial charge on any atom is 0.243 e. The van der Waals surface area contributed by atoms with E-state index in [0.717, 1.165) is 64.5 Å². The molecule has 1 aromatic rings. The van der Waals surface area contributed by atoms with Crippen molar-refractivity contribution in [1.29, 1.82) is 0 Å². The lowest BCUT2D eigenvalue weighted by Crippen LogP contribution is -2.57. The molecule has 248 valence electrons. The second-order valence-corrected chi connectivity index (χ2v) is 18.3. The van der Waals surface area contributed by atoms with Gasteiger partial charge < -0.3 is 9.80 Å². The molecule has 44 heavy (non-hydrogen) atoms. The zero-order valence-corrected chi connectivity index (χ0v) is 30.3. The van der Waals surface area contributed by atoms with Gasteiger partial charge in [-0.2, -0.15) is 0 Å². The van der Waals surface area contributed by atoms with E-state index in [2.05, 4.69) is 114 Å². The Morgan fingerprint density at radius 1 is 0.955 bits per heavy atom. The summed E-state index contributed by atoms with van der Waals surface area (Å²) in [5.41, 5.74) is -0.148. The minimum atomic E-state index is -0.156. The maximum absolute atomic E-state index is 13.7. The summed E-state index contributed by atoms with van der Waals surface area (Å²) < 4.78 is 4.65. The molecule has 2 saturated heterocycles. The van der Waals surface area contributed by atoms with Gasteiger partial charge in [-0.1, -0.05) is 75.7 Å². The maximum atomic E-state index is 13.7. The van der Waals surface area contributed by atoms with E-state index < -0.39 is 0 Å². The topological polar surface area (TPSA) is 49.4 Å². The van der Waals surface area contributed by atoms with Gasteiger partial charge in [0.05, 0.1) is 7.05 Å². The second-order valence-electron chi connectivity index (χ2n) is 18.3. The van der Waals surface area contributed by atoms with Crippen LogP contribution in [0.2, 0.25) is 0 Å². The molecule has 0 spiro atoms. The quantitative estimate of drug-likeness (QED) is 0.231. The van der Waals surface area contributed by atoms with E-state index in [1.54, 1.807) is 0 Å². The van der Waals surface area contributed by atoms with Crippen LogP contribution in [0.15, 0.2) is 18.7 Å². The fourth-order valence-corrected chi connectivity index (χ4v) is 10.1. The lowest BCUT2D eigenvalue weighted by molar-refractivity contribution is -0.671. The number of aryl methyl sites for hydroxylation is 1. The molecular formula is C38H65N4O2+. The number of nitrogens with zero attached hydrogens (tertiary/aromatic N) is 4. The lowest BCUT2D eigenvalue weighted by Gasteiger charge is -2.54. The molecule has 2 saturated carbocycles. The Kier molecular flexibility index (Phi) is 8.49. The SMILES string of the molecule is CC(C)CC(N1CCCCCC1=O)C(C)(C)C(C)(C)CC1(N2CCCC2=O)CC1(C)C(C)(C)CC1(n2cc[n+](C)c2)CC1C. The summed E-state index contributed by atoms with van der Waals surface area (Å²) >= 11 is 0. The van der Waals surface area contributed by atoms with Gasteiger partial charge in [0.15, 0.2) is 0 Å². The first-order chi connectivity index (χ1) is 20.3. The molecule has 2 amide bonds. The van der Waals surface area contributed by atoms with Crippen LogP contribution in [0.3, 0.4) is 0 Å². The molecule has 2 aliphatic heterocycles.